The zero-order valence-electron chi connectivity index (χ0n) is 9.07. The van der Waals surface area contributed by atoms with Gasteiger partial charge in [-0.1, -0.05) is 21.4 Å². The Hall–Kier alpha value is -0.910. The number of ether oxygens (including phenoxy) is 4. The predicted molar refractivity (Wildman–Crippen MR) is 68.1 cm³/mol. The highest BCUT2D eigenvalue weighted by Crippen LogP contribution is 1.83. The quantitative estimate of drug-likeness (QED) is 0.335. The summed E-state index contributed by atoms with van der Waals surface area (Å²) in [7, 11) is 1.62. The van der Waals surface area contributed by atoms with Crippen molar-refractivity contribution in [2.45, 2.75) is 14.9 Å². The molecule has 0 aromatic rings. The first-order valence-electron chi connectivity index (χ1n) is 4.75. The van der Waals surface area contributed by atoms with Crippen LogP contribution in [0.2, 0.25) is 0 Å². The first kappa shape index (κ1) is 21.4. The molecule has 0 bridgehead atoms. The SMILES string of the molecule is C.C.C=CC(=O)OCCOCCOCCOC. The first-order chi connectivity index (χ1) is 7.31. The molecule has 0 saturated carbocycles. The molecule has 0 aromatic heterocycles. The molecule has 0 heterocycles. The van der Waals surface area contributed by atoms with E-state index in [1.54, 1.807) is 7.11 Å². The molecule has 104 valence electrons. The highest BCUT2D eigenvalue weighted by Gasteiger charge is 1.94. The number of hydrogen-bond acceptors (Lipinski definition) is 5. The van der Waals surface area contributed by atoms with Crippen molar-refractivity contribution in [1.82, 2.24) is 0 Å². The Kier molecular flexibility index (Phi) is 22.0. The van der Waals surface area contributed by atoms with E-state index in [9.17, 15) is 4.79 Å². The zero-order valence-corrected chi connectivity index (χ0v) is 9.07. The third-order valence-electron chi connectivity index (χ3n) is 1.44. The van der Waals surface area contributed by atoms with E-state index in [4.69, 9.17) is 18.9 Å². The van der Waals surface area contributed by atoms with Gasteiger partial charge in [-0.05, 0) is 0 Å². The third-order valence-corrected chi connectivity index (χ3v) is 1.44. The summed E-state index contributed by atoms with van der Waals surface area (Å²) in [6.07, 6.45) is 1.12. The summed E-state index contributed by atoms with van der Waals surface area (Å²) in [4.78, 5) is 10.6. The van der Waals surface area contributed by atoms with Gasteiger partial charge in [0.1, 0.15) is 6.61 Å². The third kappa shape index (κ3) is 17.7. The Morgan fingerprint density at radius 3 is 1.94 bits per heavy atom. The van der Waals surface area contributed by atoms with E-state index < -0.39 is 5.97 Å². The second-order valence-electron chi connectivity index (χ2n) is 2.59. The van der Waals surface area contributed by atoms with Crippen LogP contribution in [0, 0.1) is 0 Å². The fourth-order valence-corrected chi connectivity index (χ4v) is 0.724. The summed E-state index contributed by atoms with van der Waals surface area (Å²) in [6, 6.07) is 0. The minimum absolute atomic E-state index is 0. The number of carbonyl (C=O) groups excluding carboxylic acids is 1. The average molecular weight is 250 g/mol. The smallest absolute Gasteiger partial charge is 0.330 e. The standard InChI is InChI=1S/C10H18O5.2CH4/c1-3-10(11)15-9-8-14-7-6-13-5-4-12-2;;/h3H,1,4-9H2,2H3;2*1H4. The summed E-state index contributed by atoms with van der Waals surface area (Å²) in [5, 5.41) is 0. The number of rotatable bonds is 10. The summed E-state index contributed by atoms with van der Waals surface area (Å²) in [5.74, 6) is -0.435. The molecule has 0 amide bonds. The van der Waals surface area contributed by atoms with Gasteiger partial charge in [0.05, 0.1) is 33.0 Å². The monoisotopic (exact) mass is 250 g/mol. The van der Waals surface area contributed by atoms with Crippen molar-refractivity contribution in [3.05, 3.63) is 12.7 Å². The molecule has 17 heavy (non-hydrogen) atoms. The normalized spacial score (nSPS) is 8.76. The second-order valence-corrected chi connectivity index (χ2v) is 2.59. The van der Waals surface area contributed by atoms with Crippen LogP contribution in [-0.2, 0) is 23.7 Å². The van der Waals surface area contributed by atoms with Crippen LogP contribution in [0.25, 0.3) is 0 Å². The van der Waals surface area contributed by atoms with Gasteiger partial charge in [-0.15, -0.1) is 0 Å². The van der Waals surface area contributed by atoms with Gasteiger partial charge in [-0.25, -0.2) is 4.79 Å². The van der Waals surface area contributed by atoms with Gasteiger partial charge in [-0.3, -0.25) is 0 Å². The van der Waals surface area contributed by atoms with Crippen LogP contribution >= 0.6 is 0 Å². The highest BCUT2D eigenvalue weighted by molar-refractivity contribution is 5.81. The van der Waals surface area contributed by atoms with Crippen LogP contribution in [-0.4, -0.2) is 52.7 Å². The van der Waals surface area contributed by atoms with E-state index in [2.05, 4.69) is 6.58 Å². The summed E-state index contributed by atoms with van der Waals surface area (Å²) in [5.41, 5.74) is 0. The van der Waals surface area contributed by atoms with Crippen LogP contribution in [0.5, 0.6) is 0 Å². The molecule has 0 aliphatic rings. The molecule has 0 radical (unpaired) electrons. The number of hydrogen-bond donors (Lipinski definition) is 0. The maximum atomic E-state index is 10.6. The Balaban J connectivity index is -0.000000980. The highest BCUT2D eigenvalue weighted by atomic mass is 16.6. The molecule has 5 heteroatoms. The van der Waals surface area contributed by atoms with Crippen molar-refractivity contribution >= 4 is 5.97 Å². The Morgan fingerprint density at radius 2 is 1.47 bits per heavy atom. The van der Waals surface area contributed by atoms with E-state index in [1.165, 1.54) is 0 Å². The van der Waals surface area contributed by atoms with Crippen molar-refractivity contribution in [3.63, 3.8) is 0 Å². The van der Waals surface area contributed by atoms with E-state index in [-0.39, 0.29) is 21.5 Å². The molecular formula is C12H26O5. The largest absolute Gasteiger partial charge is 0.460 e. The number of esters is 1. The van der Waals surface area contributed by atoms with Crippen LogP contribution in [0.1, 0.15) is 14.9 Å². The lowest BCUT2D eigenvalue weighted by Crippen LogP contribution is -2.12. The maximum Gasteiger partial charge on any atom is 0.330 e. The van der Waals surface area contributed by atoms with Gasteiger partial charge >= 0.3 is 5.97 Å². The van der Waals surface area contributed by atoms with E-state index in [1.807, 2.05) is 0 Å². The predicted octanol–water partition coefficient (Wildman–Crippen LogP) is 1.67. The van der Waals surface area contributed by atoms with Gasteiger partial charge in [-0.2, -0.15) is 0 Å². The van der Waals surface area contributed by atoms with Gasteiger partial charge in [0.25, 0.3) is 0 Å². The van der Waals surface area contributed by atoms with Crippen molar-refractivity contribution in [2.75, 3.05) is 46.8 Å². The molecule has 5 nitrogen and oxygen atoms in total. The molecule has 0 aliphatic heterocycles. The Labute approximate surface area is 105 Å². The van der Waals surface area contributed by atoms with Crippen molar-refractivity contribution in [1.29, 1.82) is 0 Å². The van der Waals surface area contributed by atoms with E-state index in [0.717, 1.165) is 6.08 Å². The Bertz CT molecular complexity index is 170. The fourth-order valence-electron chi connectivity index (χ4n) is 0.724. The lowest BCUT2D eigenvalue weighted by atomic mass is 10.6. The molecule has 0 N–H and O–H groups in total. The topological polar surface area (TPSA) is 54.0 Å². The number of carbonyl (C=O) groups is 1. The average Bonchev–Trinajstić information content (AvgIpc) is 2.26. The van der Waals surface area contributed by atoms with Crippen molar-refractivity contribution in [2.24, 2.45) is 0 Å². The van der Waals surface area contributed by atoms with Crippen LogP contribution in [0.4, 0.5) is 0 Å². The molecule has 0 aromatic carbocycles. The van der Waals surface area contributed by atoms with E-state index >= 15 is 0 Å². The minimum atomic E-state index is -0.435. The van der Waals surface area contributed by atoms with E-state index in [0.29, 0.717) is 33.0 Å². The molecule has 0 fully saturated rings. The minimum Gasteiger partial charge on any atom is -0.460 e. The molecule has 0 saturated heterocycles. The van der Waals surface area contributed by atoms with Crippen LogP contribution in [0.3, 0.4) is 0 Å². The summed E-state index contributed by atoms with van der Waals surface area (Å²) < 4.78 is 19.8. The van der Waals surface area contributed by atoms with Gasteiger partial charge in [0.15, 0.2) is 0 Å². The van der Waals surface area contributed by atoms with Crippen LogP contribution < -0.4 is 0 Å². The second kappa shape index (κ2) is 17.5. The molecule has 0 spiro atoms. The van der Waals surface area contributed by atoms with Crippen molar-refractivity contribution in [3.8, 4) is 0 Å². The maximum absolute atomic E-state index is 10.6. The molecular weight excluding hydrogens is 224 g/mol. The molecule has 0 atom stereocenters. The van der Waals surface area contributed by atoms with Crippen LogP contribution in [0.15, 0.2) is 12.7 Å². The lowest BCUT2D eigenvalue weighted by molar-refractivity contribution is -0.139. The van der Waals surface area contributed by atoms with Gasteiger partial charge < -0.3 is 18.9 Å². The van der Waals surface area contributed by atoms with Crippen molar-refractivity contribution < 1.29 is 23.7 Å². The molecule has 0 rings (SSSR count). The van der Waals surface area contributed by atoms with Gasteiger partial charge in [0.2, 0.25) is 0 Å². The summed E-state index contributed by atoms with van der Waals surface area (Å²) in [6.45, 7) is 6.01. The molecule has 0 unspecified atom stereocenters. The lowest BCUT2D eigenvalue weighted by Gasteiger charge is -2.05. The Morgan fingerprint density at radius 1 is 1.00 bits per heavy atom. The summed E-state index contributed by atoms with van der Waals surface area (Å²) >= 11 is 0. The molecule has 0 aliphatic carbocycles. The number of methoxy groups -OCH3 is 1. The zero-order chi connectivity index (χ0) is 11.4. The fraction of sp³-hybridized carbons (Fsp3) is 0.750. The van der Waals surface area contributed by atoms with Gasteiger partial charge in [0, 0.05) is 13.2 Å². The first-order valence-corrected chi connectivity index (χ1v) is 4.75.